The third kappa shape index (κ3) is 2.58. The van der Waals surface area contributed by atoms with Crippen molar-refractivity contribution in [2.45, 2.75) is 57.1 Å². The van der Waals surface area contributed by atoms with Gasteiger partial charge in [0.1, 0.15) is 11.3 Å². The van der Waals surface area contributed by atoms with Crippen molar-refractivity contribution in [1.82, 2.24) is 14.5 Å². The van der Waals surface area contributed by atoms with Gasteiger partial charge in [0.25, 0.3) is 0 Å². The molecule has 0 radical (unpaired) electrons. The van der Waals surface area contributed by atoms with Crippen LogP contribution in [0.15, 0.2) is 17.6 Å². The van der Waals surface area contributed by atoms with Crippen molar-refractivity contribution in [3.63, 3.8) is 0 Å². The van der Waals surface area contributed by atoms with Crippen molar-refractivity contribution in [3.8, 4) is 0 Å². The maximum Gasteiger partial charge on any atom is 0.113 e. The molecule has 3 unspecified atom stereocenters. The maximum atomic E-state index is 9.40. The third-order valence-corrected chi connectivity index (χ3v) is 7.24. The Balaban J connectivity index is 1.65. The van der Waals surface area contributed by atoms with Gasteiger partial charge in [-0.3, -0.25) is 4.98 Å². The lowest BCUT2D eigenvalue weighted by molar-refractivity contribution is -0.0390. The second-order valence-corrected chi connectivity index (χ2v) is 8.73. The Morgan fingerprint density at radius 3 is 2.88 bits per heavy atom. The monoisotopic (exact) mass is 371 g/mol. The van der Waals surface area contributed by atoms with E-state index in [2.05, 4.69) is 27.9 Å². The molecule has 4 heterocycles. The minimum absolute atomic E-state index is 0.0167. The second kappa shape index (κ2) is 6.59. The van der Waals surface area contributed by atoms with Gasteiger partial charge in [-0.25, -0.2) is 4.98 Å². The smallest absolute Gasteiger partial charge is 0.113 e. The largest absolute Gasteiger partial charge is 0.394 e. The summed E-state index contributed by atoms with van der Waals surface area (Å²) in [6, 6.07) is 2.37. The summed E-state index contributed by atoms with van der Waals surface area (Å²) < 4.78 is 9.62. The van der Waals surface area contributed by atoms with E-state index < -0.39 is 0 Å². The lowest BCUT2D eigenvalue weighted by Gasteiger charge is -2.34. The molecule has 0 aromatic carbocycles. The van der Waals surface area contributed by atoms with Crippen molar-refractivity contribution in [2.24, 2.45) is 5.92 Å². The topological polar surface area (TPSA) is 60.2 Å². The molecule has 0 amide bonds. The highest BCUT2D eigenvalue weighted by atomic mass is 32.1. The summed E-state index contributed by atoms with van der Waals surface area (Å²) in [6.07, 6.45) is 7.80. The number of rotatable bonds is 4. The van der Waals surface area contributed by atoms with Crippen LogP contribution in [0.25, 0.3) is 21.3 Å². The van der Waals surface area contributed by atoms with Crippen molar-refractivity contribution in [3.05, 3.63) is 23.5 Å². The summed E-state index contributed by atoms with van der Waals surface area (Å²) in [4.78, 5) is 9.66. The van der Waals surface area contributed by atoms with Gasteiger partial charge in [-0.15, -0.1) is 11.3 Å². The quantitative estimate of drug-likeness (QED) is 0.744. The molecule has 3 aromatic heterocycles. The van der Waals surface area contributed by atoms with Crippen molar-refractivity contribution in [1.29, 1.82) is 0 Å². The van der Waals surface area contributed by atoms with Crippen LogP contribution in [-0.2, 0) is 4.74 Å². The van der Waals surface area contributed by atoms with E-state index in [1.807, 2.05) is 6.20 Å². The van der Waals surface area contributed by atoms with Crippen molar-refractivity contribution in [2.75, 3.05) is 13.2 Å². The van der Waals surface area contributed by atoms with Crippen LogP contribution in [0.1, 0.15) is 56.8 Å². The van der Waals surface area contributed by atoms with E-state index in [1.54, 1.807) is 11.3 Å². The van der Waals surface area contributed by atoms with Crippen LogP contribution in [0.4, 0.5) is 0 Å². The number of hydrogen-bond acceptors (Lipinski definition) is 5. The minimum Gasteiger partial charge on any atom is -0.394 e. The van der Waals surface area contributed by atoms with E-state index >= 15 is 0 Å². The van der Waals surface area contributed by atoms with Gasteiger partial charge in [0.15, 0.2) is 0 Å². The molecule has 0 bridgehead atoms. The number of pyridine rings is 1. The van der Waals surface area contributed by atoms with Crippen LogP contribution in [-0.4, -0.2) is 39.0 Å². The lowest BCUT2D eigenvalue weighted by Crippen LogP contribution is -2.32. The Bertz CT molecular complexity index is 922. The Kier molecular flexibility index (Phi) is 4.22. The summed E-state index contributed by atoms with van der Waals surface area (Å²) in [6.45, 7) is 3.10. The van der Waals surface area contributed by atoms with E-state index in [9.17, 15) is 5.11 Å². The molecule has 2 aliphatic rings. The molecule has 1 saturated carbocycles. The maximum absolute atomic E-state index is 9.40. The summed E-state index contributed by atoms with van der Waals surface area (Å²) in [5.41, 5.74) is 3.28. The highest BCUT2D eigenvalue weighted by Crippen LogP contribution is 2.42. The number of hydrogen-bond donors (Lipinski definition) is 1. The molecule has 1 saturated heterocycles. The molecular formula is C20H25N3O2S. The number of ether oxygens (including phenoxy) is 1. The average Bonchev–Trinajstić information content (AvgIpc) is 3.24. The first-order chi connectivity index (χ1) is 12.8. The molecular weight excluding hydrogens is 346 g/mol. The van der Waals surface area contributed by atoms with Crippen LogP contribution in [0, 0.1) is 5.92 Å². The number of imidazole rings is 1. The molecule has 1 N–H and O–H groups in total. The first kappa shape index (κ1) is 16.7. The summed E-state index contributed by atoms with van der Waals surface area (Å²) in [7, 11) is 0. The van der Waals surface area contributed by atoms with Crippen molar-refractivity contribution >= 4 is 32.6 Å². The Labute approximate surface area is 157 Å². The van der Waals surface area contributed by atoms with Gasteiger partial charge in [-0.1, -0.05) is 13.3 Å². The summed E-state index contributed by atoms with van der Waals surface area (Å²) >= 11 is 1.75. The Morgan fingerprint density at radius 2 is 2.19 bits per heavy atom. The highest BCUT2D eigenvalue weighted by molar-refractivity contribution is 7.18. The van der Waals surface area contributed by atoms with Crippen LogP contribution < -0.4 is 0 Å². The van der Waals surface area contributed by atoms with Gasteiger partial charge < -0.3 is 14.4 Å². The average molecular weight is 372 g/mol. The molecule has 138 valence electrons. The molecule has 5 nitrogen and oxygen atoms in total. The van der Waals surface area contributed by atoms with Crippen molar-refractivity contribution < 1.29 is 9.84 Å². The Hall–Kier alpha value is -1.50. The fraction of sp³-hybridized carbons (Fsp3) is 0.600. The SMILES string of the molecule is CC(c1nc2cnc3ccsc3c2n1C1CCC(CO)OC1)C1CCC1. The van der Waals surface area contributed by atoms with Crippen LogP contribution in [0.3, 0.4) is 0 Å². The zero-order chi connectivity index (χ0) is 17.7. The molecule has 0 spiro atoms. The second-order valence-electron chi connectivity index (χ2n) is 7.82. The van der Waals surface area contributed by atoms with Gasteiger partial charge in [0.2, 0.25) is 0 Å². The van der Waals surface area contributed by atoms with E-state index in [0.717, 1.165) is 29.8 Å². The minimum atomic E-state index is -0.0167. The van der Waals surface area contributed by atoms with Crippen LogP contribution >= 0.6 is 11.3 Å². The zero-order valence-electron chi connectivity index (χ0n) is 15.1. The van der Waals surface area contributed by atoms with E-state index in [-0.39, 0.29) is 18.8 Å². The fourth-order valence-electron chi connectivity index (χ4n) is 4.48. The van der Waals surface area contributed by atoms with Gasteiger partial charge in [-0.05, 0) is 43.0 Å². The first-order valence-corrected chi connectivity index (χ1v) is 10.6. The fourth-order valence-corrected chi connectivity index (χ4v) is 5.37. The number of aromatic nitrogens is 3. The highest BCUT2D eigenvalue weighted by Gasteiger charge is 2.33. The Morgan fingerprint density at radius 1 is 1.31 bits per heavy atom. The molecule has 6 heteroatoms. The molecule has 1 aliphatic heterocycles. The number of fused-ring (bicyclic) bond motifs is 3. The van der Waals surface area contributed by atoms with E-state index in [4.69, 9.17) is 9.72 Å². The van der Waals surface area contributed by atoms with E-state index in [1.165, 1.54) is 35.3 Å². The van der Waals surface area contributed by atoms with Crippen LogP contribution in [0.5, 0.6) is 0 Å². The van der Waals surface area contributed by atoms with E-state index in [0.29, 0.717) is 12.5 Å². The van der Waals surface area contributed by atoms with Gasteiger partial charge in [0.05, 0.1) is 47.3 Å². The normalized spacial score (nSPS) is 25.6. The predicted molar refractivity (Wildman–Crippen MR) is 104 cm³/mol. The standard InChI is InChI=1S/C20H25N3O2S/c1-12(13-3-2-4-13)20-22-17-9-21-16-7-8-26-19(16)18(17)23(20)14-5-6-15(10-24)25-11-14/h7-9,12-15,24H,2-6,10-11H2,1H3. The zero-order valence-corrected chi connectivity index (χ0v) is 15.9. The number of aliphatic hydroxyl groups excluding tert-OH is 1. The summed E-state index contributed by atoms with van der Waals surface area (Å²) in [5.74, 6) is 2.40. The predicted octanol–water partition coefficient (Wildman–Crippen LogP) is 4.26. The lowest BCUT2D eigenvalue weighted by atomic mass is 9.76. The van der Waals surface area contributed by atoms with Gasteiger partial charge in [-0.2, -0.15) is 0 Å². The number of aliphatic hydroxyl groups is 1. The first-order valence-electron chi connectivity index (χ1n) is 9.72. The van der Waals surface area contributed by atoms with Gasteiger partial charge >= 0.3 is 0 Å². The summed E-state index contributed by atoms with van der Waals surface area (Å²) in [5, 5.41) is 11.5. The molecule has 3 aromatic rings. The number of thiophene rings is 1. The molecule has 1 aliphatic carbocycles. The third-order valence-electron chi connectivity index (χ3n) is 6.33. The van der Waals surface area contributed by atoms with Crippen LogP contribution in [0.2, 0.25) is 0 Å². The molecule has 26 heavy (non-hydrogen) atoms. The van der Waals surface area contributed by atoms with Gasteiger partial charge in [0, 0.05) is 5.92 Å². The molecule has 5 rings (SSSR count). The molecule has 2 fully saturated rings. The molecule has 3 atom stereocenters. The number of nitrogens with zero attached hydrogens (tertiary/aromatic N) is 3.